The Bertz CT molecular complexity index is 1620. The van der Waals surface area contributed by atoms with Crippen molar-refractivity contribution in [2.45, 2.75) is 105 Å². The number of sulfone groups is 1. The Balaban J connectivity index is 1.15. The van der Waals surface area contributed by atoms with E-state index in [0.29, 0.717) is 59.7 Å². The molecule has 7 heteroatoms. The number of hydrogen-bond acceptors (Lipinski definition) is 5. The first-order valence-electron chi connectivity index (χ1n) is 19.4. The van der Waals surface area contributed by atoms with Crippen molar-refractivity contribution in [2.24, 2.45) is 51.2 Å². The van der Waals surface area contributed by atoms with E-state index in [-0.39, 0.29) is 27.2 Å². The van der Waals surface area contributed by atoms with Crippen molar-refractivity contribution >= 4 is 21.4 Å². The first-order valence-corrected chi connectivity index (χ1v) is 21.2. The SMILES string of the molecule is C=C(C)[C@@H]1CCC2(NCCN3CCS(=O)(=O)CC3)CC[C@]3(C)[C@H](CC[C@H]4C3(C)CC[C@H]3C(C)(C)C(c5ccc(C(=O)O)cc5)=CC[C@@]34C)[C@@H]12. The summed E-state index contributed by atoms with van der Waals surface area (Å²) in [6, 6.07) is 7.58. The van der Waals surface area contributed by atoms with Crippen molar-refractivity contribution < 1.29 is 18.3 Å². The topological polar surface area (TPSA) is 86.7 Å². The summed E-state index contributed by atoms with van der Waals surface area (Å²) in [4.78, 5) is 13.9. The number of nitrogens with zero attached hydrogens (tertiary/aromatic N) is 1. The minimum atomic E-state index is -2.86. The third kappa shape index (κ3) is 5.45. The highest BCUT2D eigenvalue weighted by Gasteiger charge is 2.70. The van der Waals surface area contributed by atoms with Crippen molar-refractivity contribution in [3.05, 3.63) is 53.6 Å². The third-order valence-corrected chi connectivity index (χ3v) is 18.0. The van der Waals surface area contributed by atoms with E-state index in [0.717, 1.165) is 19.5 Å². The lowest BCUT2D eigenvalue weighted by Gasteiger charge is -2.72. The minimum absolute atomic E-state index is 0.0114. The van der Waals surface area contributed by atoms with E-state index in [2.05, 4.69) is 64.4 Å². The number of carbonyl (C=O) groups is 1. The molecule has 0 amide bonds. The Kier molecular flexibility index (Phi) is 8.72. The monoisotopic (exact) mass is 690 g/mol. The molecule has 4 saturated carbocycles. The lowest BCUT2D eigenvalue weighted by atomic mass is 9.33. The highest BCUT2D eigenvalue weighted by Crippen LogP contribution is 2.76. The third-order valence-electron chi connectivity index (χ3n) is 16.4. The van der Waals surface area contributed by atoms with Crippen molar-refractivity contribution in [2.75, 3.05) is 37.7 Å². The second-order valence-corrected chi connectivity index (χ2v) is 21.0. The lowest BCUT2D eigenvalue weighted by Crippen LogP contribution is -2.68. The Morgan fingerprint density at radius 2 is 1.61 bits per heavy atom. The first-order chi connectivity index (χ1) is 23.0. The molecular formula is C42H62N2O4S. The Morgan fingerprint density at radius 1 is 0.918 bits per heavy atom. The van der Waals surface area contributed by atoms with Crippen LogP contribution in [0.5, 0.6) is 0 Å². The van der Waals surface area contributed by atoms with Gasteiger partial charge in [0.15, 0.2) is 9.84 Å². The smallest absolute Gasteiger partial charge is 0.335 e. The molecule has 49 heavy (non-hydrogen) atoms. The van der Waals surface area contributed by atoms with Gasteiger partial charge >= 0.3 is 5.97 Å². The van der Waals surface area contributed by atoms with Crippen LogP contribution in [0.2, 0.25) is 0 Å². The summed E-state index contributed by atoms with van der Waals surface area (Å²) in [6.45, 7) is 23.0. The van der Waals surface area contributed by atoms with E-state index in [1.54, 1.807) is 12.1 Å². The number of fused-ring (bicyclic) bond motifs is 7. The Hall–Kier alpha value is -1.96. The average Bonchev–Trinajstić information content (AvgIpc) is 3.42. The van der Waals surface area contributed by atoms with Gasteiger partial charge < -0.3 is 15.3 Å². The molecule has 0 spiro atoms. The molecule has 1 aromatic carbocycles. The number of hydrogen-bond donors (Lipinski definition) is 2. The van der Waals surface area contributed by atoms with Gasteiger partial charge in [0.1, 0.15) is 0 Å². The van der Waals surface area contributed by atoms with E-state index in [9.17, 15) is 18.3 Å². The molecule has 1 heterocycles. The number of aromatic carboxylic acids is 1. The minimum Gasteiger partial charge on any atom is -0.478 e. The molecule has 6 nitrogen and oxygen atoms in total. The van der Waals surface area contributed by atoms with Crippen molar-refractivity contribution in [3.63, 3.8) is 0 Å². The summed E-state index contributed by atoms with van der Waals surface area (Å²) < 4.78 is 24.0. The Morgan fingerprint density at radius 3 is 2.27 bits per heavy atom. The predicted octanol–water partition coefficient (Wildman–Crippen LogP) is 8.11. The zero-order valence-electron chi connectivity index (χ0n) is 31.1. The quantitative estimate of drug-likeness (QED) is 0.281. The molecule has 0 aromatic heterocycles. The molecule has 0 radical (unpaired) electrons. The van der Waals surface area contributed by atoms with Crippen LogP contribution in [0, 0.1) is 51.2 Å². The highest BCUT2D eigenvalue weighted by atomic mass is 32.2. The summed E-state index contributed by atoms with van der Waals surface area (Å²) in [5.41, 5.74) is 5.23. The van der Waals surface area contributed by atoms with E-state index in [4.69, 9.17) is 0 Å². The maximum Gasteiger partial charge on any atom is 0.335 e. The largest absolute Gasteiger partial charge is 0.478 e. The number of rotatable bonds is 7. The van der Waals surface area contributed by atoms with Crippen LogP contribution in [0.4, 0.5) is 0 Å². The van der Waals surface area contributed by atoms with Crippen LogP contribution in [0.3, 0.4) is 0 Å². The van der Waals surface area contributed by atoms with E-state index in [1.165, 1.54) is 68.1 Å². The molecule has 1 saturated heterocycles. The second kappa shape index (κ2) is 12.0. The second-order valence-electron chi connectivity index (χ2n) is 18.7. The summed E-state index contributed by atoms with van der Waals surface area (Å²) in [5, 5.41) is 13.7. The van der Waals surface area contributed by atoms with E-state index >= 15 is 0 Å². The van der Waals surface area contributed by atoms with Crippen LogP contribution in [0.25, 0.3) is 5.57 Å². The van der Waals surface area contributed by atoms with Crippen LogP contribution >= 0.6 is 0 Å². The molecule has 2 unspecified atom stereocenters. The summed E-state index contributed by atoms with van der Waals surface area (Å²) >= 11 is 0. The van der Waals surface area contributed by atoms with Gasteiger partial charge in [-0.2, -0.15) is 0 Å². The molecule has 0 bridgehead atoms. The number of carboxylic acid groups (broad SMARTS) is 1. The lowest BCUT2D eigenvalue weighted by molar-refractivity contribution is -0.219. The molecule has 1 aliphatic heterocycles. The van der Waals surface area contributed by atoms with Gasteiger partial charge in [0.2, 0.25) is 0 Å². The summed E-state index contributed by atoms with van der Waals surface area (Å²) in [6.07, 6.45) is 13.7. The van der Waals surface area contributed by atoms with Gasteiger partial charge in [-0.15, -0.1) is 0 Å². The van der Waals surface area contributed by atoms with Gasteiger partial charge in [-0.1, -0.05) is 65.0 Å². The Labute approximate surface area is 296 Å². The standard InChI is InChI=1S/C42H62N2O4S/c1-28(2)31-14-19-42(43-22-23-44-24-26-49(47,48)27-25-44)21-20-40(6)33(36(31)42)12-13-35-39(5)17-15-32(29-8-10-30(11-9-29)37(45)46)38(3,4)34(39)16-18-41(35,40)7/h8-11,15,31,33-36,43H,1,12-14,16-27H2,2-7H3,(H,45,46)/t31-,33+,34-,35+,36+,39-,40+,41?,42?/m0/s1. The maximum atomic E-state index is 12.0. The molecular weight excluding hydrogens is 629 g/mol. The normalized spacial score (nSPS) is 42.6. The van der Waals surface area contributed by atoms with Crippen molar-refractivity contribution in [1.29, 1.82) is 0 Å². The molecule has 6 aliphatic rings. The van der Waals surface area contributed by atoms with Crippen LogP contribution in [-0.4, -0.2) is 67.6 Å². The van der Waals surface area contributed by atoms with Gasteiger partial charge in [-0.05, 0) is 139 Å². The van der Waals surface area contributed by atoms with Gasteiger partial charge in [-0.3, -0.25) is 0 Å². The number of nitrogens with one attached hydrogen (secondary N) is 1. The summed E-state index contributed by atoms with van der Waals surface area (Å²) in [7, 11) is -2.86. The average molecular weight is 691 g/mol. The molecule has 270 valence electrons. The highest BCUT2D eigenvalue weighted by molar-refractivity contribution is 7.91. The number of allylic oxidation sites excluding steroid dienone is 3. The number of benzene rings is 1. The number of carboxylic acids is 1. The molecule has 7 rings (SSSR count). The van der Waals surface area contributed by atoms with Crippen LogP contribution in [0.15, 0.2) is 42.5 Å². The van der Waals surface area contributed by atoms with Gasteiger partial charge in [-0.25, -0.2) is 13.2 Å². The molecule has 9 atom stereocenters. The molecule has 2 N–H and O–H groups in total. The van der Waals surface area contributed by atoms with Crippen LogP contribution in [-0.2, 0) is 9.84 Å². The first kappa shape index (κ1) is 35.4. The van der Waals surface area contributed by atoms with Crippen LogP contribution in [0.1, 0.15) is 115 Å². The summed E-state index contributed by atoms with van der Waals surface area (Å²) in [5.74, 6) is 2.83. The predicted molar refractivity (Wildman–Crippen MR) is 199 cm³/mol. The molecule has 5 aliphatic carbocycles. The molecule has 1 aromatic rings. The van der Waals surface area contributed by atoms with E-state index in [1.807, 2.05) is 12.1 Å². The molecule has 5 fully saturated rings. The zero-order valence-corrected chi connectivity index (χ0v) is 31.9. The van der Waals surface area contributed by atoms with Crippen molar-refractivity contribution in [1.82, 2.24) is 10.2 Å². The van der Waals surface area contributed by atoms with Gasteiger partial charge in [0.05, 0.1) is 17.1 Å². The van der Waals surface area contributed by atoms with Crippen LogP contribution < -0.4 is 5.32 Å². The van der Waals surface area contributed by atoms with Gasteiger partial charge in [0.25, 0.3) is 0 Å². The fourth-order valence-electron chi connectivity index (χ4n) is 13.8. The maximum absolute atomic E-state index is 12.0. The van der Waals surface area contributed by atoms with Gasteiger partial charge in [0, 0.05) is 31.7 Å². The van der Waals surface area contributed by atoms with Crippen molar-refractivity contribution in [3.8, 4) is 0 Å². The fraction of sp³-hybridized carbons (Fsp3) is 0.738. The zero-order chi connectivity index (χ0) is 35.2. The fourth-order valence-corrected chi connectivity index (χ4v) is 15.1. The van der Waals surface area contributed by atoms with E-state index < -0.39 is 15.8 Å².